The van der Waals surface area contributed by atoms with Crippen LogP contribution >= 0.6 is 0 Å². The molecule has 0 spiro atoms. The summed E-state index contributed by atoms with van der Waals surface area (Å²) in [4.78, 5) is 2.44. The number of piperidine rings is 1. The smallest absolute Gasteiger partial charge is 0.166 e. The van der Waals surface area contributed by atoms with Crippen molar-refractivity contribution in [2.45, 2.75) is 39.7 Å². The van der Waals surface area contributed by atoms with Crippen molar-refractivity contribution in [3.63, 3.8) is 0 Å². The molecule has 2 aromatic carbocycles. The minimum atomic E-state index is -0.852. The number of rotatable bonds is 5. The molecule has 30 heavy (non-hydrogen) atoms. The lowest BCUT2D eigenvalue weighted by Crippen LogP contribution is -2.41. The van der Waals surface area contributed by atoms with E-state index in [1.807, 2.05) is 26.0 Å². The molecule has 1 aliphatic heterocycles. The Morgan fingerprint density at radius 2 is 1.93 bits per heavy atom. The van der Waals surface area contributed by atoms with Crippen molar-refractivity contribution < 1.29 is 8.78 Å². The number of nitrogens with zero attached hydrogens (tertiary/aromatic N) is 2. The number of halogens is 2. The van der Waals surface area contributed by atoms with Crippen molar-refractivity contribution in [1.29, 1.82) is 0 Å². The van der Waals surface area contributed by atoms with E-state index in [-0.39, 0.29) is 5.56 Å². The largest absolute Gasteiger partial charge is 0.381 e. The van der Waals surface area contributed by atoms with E-state index in [0.29, 0.717) is 17.3 Å². The number of H-pyrrole nitrogens is 1. The van der Waals surface area contributed by atoms with Crippen molar-refractivity contribution in [2.75, 3.05) is 19.6 Å². The molecule has 1 saturated heterocycles. The third-order valence-corrected chi connectivity index (χ3v) is 5.52. The quantitative estimate of drug-likeness (QED) is 0.575. The van der Waals surface area contributed by atoms with Gasteiger partial charge in [-0.1, -0.05) is 45.5 Å². The topological polar surface area (TPSA) is 44.0 Å². The fraction of sp³-hybridized carbons (Fsp3) is 0.375. The van der Waals surface area contributed by atoms with Crippen LogP contribution in [0.2, 0.25) is 0 Å². The lowest BCUT2D eigenvalue weighted by Gasteiger charge is -2.32. The molecule has 4 rings (SSSR count). The molecule has 0 unspecified atom stereocenters. The summed E-state index contributed by atoms with van der Waals surface area (Å²) in [6, 6.07) is 10.0. The van der Waals surface area contributed by atoms with Gasteiger partial charge in [0.25, 0.3) is 0 Å². The zero-order chi connectivity index (χ0) is 21.7. The second kappa shape index (κ2) is 9.85. The Morgan fingerprint density at radius 3 is 2.63 bits per heavy atom. The van der Waals surface area contributed by atoms with Crippen LogP contribution in [0.4, 0.5) is 8.78 Å². The second-order valence-corrected chi connectivity index (χ2v) is 7.27. The fourth-order valence-corrected chi connectivity index (χ4v) is 3.85. The van der Waals surface area contributed by atoms with Gasteiger partial charge in [0.05, 0.1) is 11.2 Å². The van der Waals surface area contributed by atoms with Crippen LogP contribution in [0, 0.1) is 11.6 Å². The average molecular weight is 413 g/mol. The summed E-state index contributed by atoms with van der Waals surface area (Å²) in [5.74, 6) is -1.69. The first-order valence-electron chi connectivity index (χ1n) is 10.7. The summed E-state index contributed by atoms with van der Waals surface area (Å²) >= 11 is 0. The number of benzene rings is 2. The average Bonchev–Trinajstić information content (AvgIpc) is 3.21. The second-order valence-electron chi connectivity index (χ2n) is 7.27. The van der Waals surface area contributed by atoms with Gasteiger partial charge in [0.1, 0.15) is 5.69 Å². The van der Waals surface area contributed by atoms with E-state index >= 15 is 0 Å². The van der Waals surface area contributed by atoms with E-state index < -0.39 is 11.6 Å². The number of nitrogens with one attached hydrogen (secondary N) is 2. The molecule has 3 aromatic rings. The third-order valence-electron chi connectivity index (χ3n) is 5.52. The van der Waals surface area contributed by atoms with E-state index in [9.17, 15) is 8.78 Å². The Hall–Kier alpha value is -2.73. The van der Waals surface area contributed by atoms with E-state index in [0.717, 1.165) is 55.1 Å². The van der Waals surface area contributed by atoms with Crippen LogP contribution in [0.15, 0.2) is 43.0 Å². The van der Waals surface area contributed by atoms with E-state index in [1.54, 1.807) is 12.1 Å². The zero-order valence-electron chi connectivity index (χ0n) is 17.9. The number of hydrogen-bond acceptors (Lipinski definition) is 3. The van der Waals surface area contributed by atoms with Crippen LogP contribution in [0.25, 0.3) is 27.7 Å². The SMILES string of the molecule is C=C(NC1CCN(CC)CC1)c1n[nH]c2ccc(-c3cccc(F)c3F)cc12.CC. The van der Waals surface area contributed by atoms with Crippen molar-refractivity contribution >= 4 is 16.6 Å². The summed E-state index contributed by atoms with van der Waals surface area (Å²) in [6.07, 6.45) is 2.13. The Labute approximate surface area is 177 Å². The van der Waals surface area contributed by atoms with Crippen molar-refractivity contribution in [3.8, 4) is 11.1 Å². The molecule has 0 bridgehead atoms. The van der Waals surface area contributed by atoms with Crippen LogP contribution in [0.1, 0.15) is 39.3 Å². The van der Waals surface area contributed by atoms with Crippen LogP contribution in [0.3, 0.4) is 0 Å². The molecule has 0 amide bonds. The van der Waals surface area contributed by atoms with Crippen LogP contribution in [-0.2, 0) is 0 Å². The number of likely N-dealkylation sites (tertiary alicyclic amines) is 1. The van der Waals surface area contributed by atoms with Crippen molar-refractivity contribution in [3.05, 3.63) is 60.3 Å². The molecule has 1 aliphatic rings. The molecule has 0 saturated carbocycles. The fourth-order valence-electron chi connectivity index (χ4n) is 3.85. The highest BCUT2D eigenvalue weighted by Crippen LogP contribution is 2.30. The number of hydrogen-bond donors (Lipinski definition) is 2. The Bertz CT molecular complexity index is 1000. The Morgan fingerprint density at radius 1 is 1.20 bits per heavy atom. The van der Waals surface area contributed by atoms with E-state index in [1.165, 1.54) is 6.07 Å². The summed E-state index contributed by atoms with van der Waals surface area (Å²) in [5.41, 5.74) is 3.14. The molecule has 1 fully saturated rings. The first-order chi connectivity index (χ1) is 14.6. The normalized spacial score (nSPS) is 15.0. The van der Waals surface area contributed by atoms with Gasteiger partial charge in [0.15, 0.2) is 11.6 Å². The molecule has 6 heteroatoms. The number of aromatic amines is 1. The highest BCUT2D eigenvalue weighted by atomic mass is 19.2. The van der Waals surface area contributed by atoms with Gasteiger partial charge in [-0.05, 0) is 43.1 Å². The van der Waals surface area contributed by atoms with Gasteiger partial charge in [0, 0.05) is 30.1 Å². The Kier molecular flexibility index (Phi) is 7.21. The minimum Gasteiger partial charge on any atom is -0.381 e. The van der Waals surface area contributed by atoms with Gasteiger partial charge in [-0.15, -0.1) is 0 Å². The lowest BCUT2D eigenvalue weighted by atomic mass is 10.0. The maximum absolute atomic E-state index is 14.2. The van der Waals surface area contributed by atoms with Crippen LogP contribution < -0.4 is 5.32 Å². The first-order valence-corrected chi connectivity index (χ1v) is 10.7. The zero-order valence-corrected chi connectivity index (χ0v) is 17.9. The van der Waals surface area contributed by atoms with E-state index in [2.05, 4.69) is 33.9 Å². The van der Waals surface area contributed by atoms with Crippen molar-refractivity contribution in [1.82, 2.24) is 20.4 Å². The van der Waals surface area contributed by atoms with Crippen molar-refractivity contribution in [2.24, 2.45) is 0 Å². The molecule has 160 valence electrons. The molecule has 2 heterocycles. The summed E-state index contributed by atoms with van der Waals surface area (Å²) in [5, 5.41) is 11.7. The maximum Gasteiger partial charge on any atom is 0.166 e. The van der Waals surface area contributed by atoms with Gasteiger partial charge in [0.2, 0.25) is 0 Å². The van der Waals surface area contributed by atoms with Gasteiger partial charge in [-0.25, -0.2) is 8.78 Å². The molecule has 0 atom stereocenters. The predicted molar refractivity (Wildman–Crippen MR) is 120 cm³/mol. The standard InChI is InChI=1S/C22H24F2N4.C2H6/c1-3-28-11-9-16(10-12-28)25-14(2)22-18-13-15(7-8-20(18)26-27-22)17-5-4-6-19(23)21(17)24;1-2/h4-8,13,16,25H,2-3,9-12H2,1H3,(H,26,27);1-2H3. The first kappa shape index (κ1) is 22.0. The summed E-state index contributed by atoms with van der Waals surface area (Å²) < 4.78 is 27.8. The number of fused-ring (bicyclic) bond motifs is 1. The summed E-state index contributed by atoms with van der Waals surface area (Å²) in [7, 11) is 0. The lowest BCUT2D eigenvalue weighted by molar-refractivity contribution is 0.215. The molecule has 2 N–H and O–H groups in total. The minimum absolute atomic E-state index is 0.236. The predicted octanol–water partition coefficient (Wildman–Crippen LogP) is 5.58. The number of aromatic nitrogens is 2. The summed E-state index contributed by atoms with van der Waals surface area (Å²) in [6.45, 7) is 13.6. The van der Waals surface area contributed by atoms with E-state index in [4.69, 9.17) is 0 Å². The highest BCUT2D eigenvalue weighted by Gasteiger charge is 2.20. The van der Waals surface area contributed by atoms with Gasteiger partial charge in [-0.2, -0.15) is 5.10 Å². The Balaban J connectivity index is 0.00000124. The highest BCUT2D eigenvalue weighted by molar-refractivity contribution is 5.92. The maximum atomic E-state index is 14.2. The monoisotopic (exact) mass is 412 g/mol. The van der Waals surface area contributed by atoms with Gasteiger partial charge >= 0.3 is 0 Å². The molecular weight excluding hydrogens is 382 g/mol. The van der Waals surface area contributed by atoms with Gasteiger partial charge < -0.3 is 10.2 Å². The van der Waals surface area contributed by atoms with Crippen LogP contribution in [0.5, 0.6) is 0 Å². The molecule has 0 aliphatic carbocycles. The van der Waals surface area contributed by atoms with Gasteiger partial charge in [-0.3, -0.25) is 5.10 Å². The molecule has 0 radical (unpaired) electrons. The molecule has 1 aromatic heterocycles. The molecular formula is C24H30F2N4. The third kappa shape index (κ3) is 4.54. The molecule has 4 nitrogen and oxygen atoms in total. The van der Waals surface area contributed by atoms with Crippen LogP contribution in [-0.4, -0.2) is 40.8 Å².